The van der Waals surface area contributed by atoms with Crippen molar-refractivity contribution in [2.24, 2.45) is 0 Å². The number of amides is 1. The van der Waals surface area contributed by atoms with E-state index in [1.165, 1.54) is 21.0 Å². The zero-order chi connectivity index (χ0) is 34.6. The Balaban J connectivity index is 1.53. The topological polar surface area (TPSA) is 231 Å². The van der Waals surface area contributed by atoms with Crippen LogP contribution in [0, 0.1) is 0 Å². The first-order chi connectivity index (χ1) is 22.1. The second-order valence-electron chi connectivity index (χ2n) is 11.5. The molecule has 2 aromatic heterocycles. The maximum atomic E-state index is 15.8. The summed E-state index contributed by atoms with van der Waals surface area (Å²) in [5, 5.41) is 2.57. The van der Waals surface area contributed by atoms with Gasteiger partial charge in [0.2, 0.25) is 5.91 Å². The van der Waals surface area contributed by atoms with Crippen molar-refractivity contribution in [3.05, 3.63) is 66.2 Å². The highest BCUT2D eigenvalue weighted by molar-refractivity contribution is 7.47. The van der Waals surface area contributed by atoms with E-state index in [9.17, 15) is 33.4 Å². The number of carbonyl (C=O) groups is 1. The molecule has 47 heavy (non-hydrogen) atoms. The van der Waals surface area contributed by atoms with Crippen LogP contribution in [0.4, 0.5) is 4.39 Å². The van der Waals surface area contributed by atoms with Crippen LogP contribution in [0.15, 0.2) is 43.7 Å². The molecule has 18 nitrogen and oxygen atoms in total. The van der Waals surface area contributed by atoms with E-state index >= 15 is 4.39 Å². The van der Waals surface area contributed by atoms with Gasteiger partial charge in [0.1, 0.15) is 18.3 Å². The summed E-state index contributed by atoms with van der Waals surface area (Å²) in [5.41, 5.74) is -3.11. The highest BCUT2D eigenvalue weighted by Crippen LogP contribution is 2.50. The maximum Gasteiger partial charge on any atom is 0.472 e. The van der Waals surface area contributed by atoms with Gasteiger partial charge >= 0.3 is 19.2 Å². The standard InChI is InChI=1S/C27H39FN5O13P/c1-13(2)42-12-16-21(20(28)24(44-16)32-10-8-18(35)30-26(32)37)29-17(34)7-6-15-22(46-47(39,40)45-14(3)4)23(41-5)25(43-15)33-11-9-19(36)31-27(33)38/h8-11,13-16,20-25H,6-7,12H2,1-5H3,(H,29,34)(H,39,40)(H,30,35,37)(H,31,36,38)/t15-,16-,20-,21?,22-,23-,24-,25-/m1/s1. The second kappa shape index (κ2) is 15.3. The van der Waals surface area contributed by atoms with Gasteiger partial charge < -0.3 is 29.2 Å². The number of aromatic amines is 2. The Morgan fingerprint density at radius 1 is 0.979 bits per heavy atom. The fraction of sp³-hybridized carbons (Fsp3) is 0.667. The quantitative estimate of drug-likeness (QED) is 0.189. The molecule has 2 fully saturated rings. The maximum absolute atomic E-state index is 15.8. The zero-order valence-electron chi connectivity index (χ0n) is 26.3. The Hall–Kier alpha value is -3.29. The Morgan fingerprint density at radius 2 is 1.55 bits per heavy atom. The predicted octanol–water partition coefficient (Wildman–Crippen LogP) is -0.165. The summed E-state index contributed by atoms with van der Waals surface area (Å²) in [6, 6.07) is 0.818. The van der Waals surface area contributed by atoms with Gasteiger partial charge in [-0.3, -0.25) is 42.5 Å². The lowest BCUT2D eigenvalue weighted by atomic mass is 10.0. The molecule has 0 aliphatic carbocycles. The first-order valence-corrected chi connectivity index (χ1v) is 16.3. The van der Waals surface area contributed by atoms with E-state index in [-0.39, 0.29) is 25.6 Å². The number of hydrogen-bond acceptors (Lipinski definition) is 12. The Labute approximate surface area is 266 Å². The SMILES string of the molecule is CO[C@@H]1[C@H](OP(=O)(O)OC(C)C)[C@@H](CCC(=O)NC2[C@@H](F)[C@H](n3ccc(=O)[nH]c3=O)O[C@@H]2COC(C)C)O[C@H]1n1ccc(=O)[nH]c1=O. The molecule has 4 N–H and O–H groups in total. The van der Waals surface area contributed by atoms with Crippen LogP contribution in [-0.4, -0.2) is 92.5 Å². The number of carbonyl (C=O) groups excluding carboxylic acids is 1. The van der Waals surface area contributed by atoms with Crippen molar-refractivity contribution in [2.45, 2.75) is 102 Å². The number of aromatic nitrogens is 4. The molecule has 2 aromatic rings. The van der Waals surface area contributed by atoms with E-state index in [1.807, 2.05) is 4.98 Å². The smallest absolute Gasteiger partial charge is 0.376 e. The van der Waals surface area contributed by atoms with Gasteiger partial charge in [-0.05, 0) is 34.1 Å². The van der Waals surface area contributed by atoms with Crippen LogP contribution in [0.1, 0.15) is 53.0 Å². The van der Waals surface area contributed by atoms with Gasteiger partial charge in [0.05, 0.1) is 31.0 Å². The van der Waals surface area contributed by atoms with Crippen LogP contribution in [0.5, 0.6) is 0 Å². The number of nitrogens with one attached hydrogen (secondary N) is 3. The molecule has 4 rings (SSSR count). The summed E-state index contributed by atoms with van der Waals surface area (Å²) in [5.74, 6) is -0.683. The molecular formula is C27H39FN5O13P. The molecule has 0 spiro atoms. The minimum absolute atomic E-state index is 0.133. The summed E-state index contributed by atoms with van der Waals surface area (Å²) in [6.07, 6.45) is -8.63. The van der Waals surface area contributed by atoms with Crippen molar-refractivity contribution in [1.29, 1.82) is 0 Å². The normalized spacial score (nSPS) is 29.0. The van der Waals surface area contributed by atoms with Crippen LogP contribution in [0.25, 0.3) is 0 Å². The first-order valence-electron chi connectivity index (χ1n) is 14.8. The third-order valence-electron chi connectivity index (χ3n) is 7.31. The lowest BCUT2D eigenvalue weighted by Crippen LogP contribution is -2.48. The third kappa shape index (κ3) is 8.99. The molecule has 2 saturated heterocycles. The second-order valence-corrected chi connectivity index (χ2v) is 12.9. The molecule has 0 radical (unpaired) electrons. The Morgan fingerprint density at radius 3 is 2.09 bits per heavy atom. The number of phosphoric acid groups is 1. The number of halogens is 1. The molecule has 1 amide bonds. The predicted molar refractivity (Wildman–Crippen MR) is 159 cm³/mol. The monoisotopic (exact) mass is 691 g/mol. The first kappa shape index (κ1) is 36.5. The minimum atomic E-state index is -4.71. The van der Waals surface area contributed by atoms with Crippen LogP contribution >= 0.6 is 7.82 Å². The lowest BCUT2D eigenvalue weighted by molar-refractivity contribution is -0.124. The molecular weight excluding hydrogens is 652 g/mol. The third-order valence-corrected chi connectivity index (χ3v) is 8.51. The van der Waals surface area contributed by atoms with Gasteiger partial charge in [0.15, 0.2) is 18.6 Å². The van der Waals surface area contributed by atoms with Gasteiger partial charge in [-0.1, -0.05) is 0 Å². The molecule has 2 aliphatic heterocycles. The van der Waals surface area contributed by atoms with E-state index in [4.69, 9.17) is 28.0 Å². The van der Waals surface area contributed by atoms with Gasteiger partial charge in [-0.25, -0.2) is 18.5 Å². The fourth-order valence-corrected chi connectivity index (χ4v) is 6.46. The van der Waals surface area contributed by atoms with Crippen molar-refractivity contribution >= 4 is 13.7 Å². The molecule has 2 aliphatic rings. The summed E-state index contributed by atoms with van der Waals surface area (Å²) >= 11 is 0. The van der Waals surface area contributed by atoms with Crippen LogP contribution < -0.4 is 27.8 Å². The molecule has 4 heterocycles. The van der Waals surface area contributed by atoms with Crippen molar-refractivity contribution < 1.29 is 46.6 Å². The minimum Gasteiger partial charge on any atom is -0.376 e. The Kier molecular flexibility index (Phi) is 11.9. The molecule has 9 atom stereocenters. The highest BCUT2D eigenvalue weighted by Gasteiger charge is 2.51. The van der Waals surface area contributed by atoms with E-state index in [0.29, 0.717) is 0 Å². The summed E-state index contributed by atoms with van der Waals surface area (Å²) in [7, 11) is -3.46. The summed E-state index contributed by atoms with van der Waals surface area (Å²) in [4.78, 5) is 75.8. The number of rotatable bonds is 14. The average molecular weight is 692 g/mol. The van der Waals surface area contributed by atoms with Crippen molar-refractivity contribution in [3.8, 4) is 0 Å². The molecule has 20 heteroatoms. The van der Waals surface area contributed by atoms with E-state index < -0.39 is 91.4 Å². The number of alkyl halides is 1. The van der Waals surface area contributed by atoms with Gasteiger partial charge in [-0.15, -0.1) is 0 Å². The van der Waals surface area contributed by atoms with Crippen LogP contribution in [0.3, 0.4) is 0 Å². The number of hydrogen-bond donors (Lipinski definition) is 4. The van der Waals surface area contributed by atoms with E-state index in [2.05, 4.69) is 10.3 Å². The van der Waals surface area contributed by atoms with Crippen LogP contribution in [-0.2, 0) is 37.4 Å². The largest absolute Gasteiger partial charge is 0.472 e. The number of methoxy groups -OCH3 is 1. The number of phosphoric ester groups is 1. The molecule has 0 saturated carbocycles. The van der Waals surface area contributed by atoms with Crippen molar-refractivity contribution in [3.63, 3.8) is 0 Å². The average Bonchev–Trinajstić information content (AvgIpc) is 3.45. The summed E-state index contributed by atoms with van der Waals surface area (Å²) in [6.45, 7) is 6.39. The molecule has 0 aromatic carbocycles. The fourth-order valence-electron chi connectivity index (χ4n) is 5.32. The Bertz CT molecular complexity index is 1670. The van der Waals surface area contributed by atoms with Crippen molar-refractivity contribution in [2.75, 3.05) is 13.7 Å². The van der Waals surface area contributed by atoms with Gasteiger partial charge in [0, 0.05) is 38.1 Å². The van der Waals surface area contributed by atoms with Crippen LogP contribution in [0.2, 0.25) is 0 Å². The van der Waals surface area contributed by atoms with E-state index in [0.717, 1.165) is 33.7 Å². The van der Waals surface area contributed by atoms with E-state index in [1.54, 1.807) is 13.8 Å². The summed E-state index contributed by atoms with van der Waals surface area (Å²) < 4.78 is 63.8. The molecule has 0 bridgehead atoms. The highest BCUT2D eigenvalue weighted by atomic mass is 31.2. The zero-order valence-corrected chi connectivity index (χ0v) is 27.2. The number of H-pyrrole nitrogens is 2. The molecule has 262 valence electrons. The molecule has 2 unspecified atom stereocenters. The van der Waals surface area contributed by atoms with Crippen molar-refractivity contribution in [1.82, 2.24) is 24.4 Å². The number of ether oxygens (including phenoxy) is 4. The number of nitrogens with zero attached hydrogens (tertiary/aromatic N) is 2. The lowest BCUT2D eigenvalue weighted by Gasteiger charge is -2.26. The van der Waals surface area contributed by atoms with Gasteiger partial charge in [0.25, 0.3) is 11.1 Å². The van der Waals surface area contributed by atoms with Gasteiger partial charge in [-0.2, -0.15) is 0 Å².